The first-order valence-corrected chi connectivity index (χ1v) is 12.9. The second-order valence-electron chi connectivity index (χ2n) is 8.40. The van der Waals surface area contributed by atoms with Gasteiger partial charge < -0.3 is 5.32 Å². The maximum atomic E-state index is 13.1. The highest BCUT2D eigenvalue weighted by Gasteiger charge is 2.24. The monoisotopic (exact) mass is 499 g/mol. The number of benzene rings is 2. The van der Waals surface area contributed by atoms with E-state index in [1.807, 2.05) is 19.1 Å². The minimum atomic E-state index is -0.463. The van der Waals surface area contributed by atoms with Crippen molar-refractivity contribution in [2.45, 2.75) is 50.9 Å². The molecule has 0 radical (unpaired) electrons. The smallest absolute Gasteiger partial charge is 0.237 e. The fourth-order valence-electron chi connectivity index (χ4n) is 4.00. The molecule has 0 aliphatic rings. The lowest BCUT2D eigenvalue weighted by Gasteiger charge is -2.19. The summed E-state index contributed by atoms with van der Waals surface area (Å²) in [6.07, 6.45) is 5.19. The third-order valence-corrected chi connectivity index (χ3v) is 6.97. The average molecular weight is 500 g/mol. The van der Waals surface area contributed by atoms with E-state index in [0.29, 0.717) is 22.2 Å². The van der Waals surface area contributed by atoms with Crippen LogP contribution in [-0.4, -0.2) is 36.7 Å². The lowest BCUT2D eigenvalue weighted by Crippen LogP contribution is -2.23. The van der Waals surface area contributed by atoms with Gasteiger partial charge in [-0.25, -0.2) is 0 Å². The van der Waals surface area contributed by atoms with E-state index in [-0.39, 0.29) is 11.7 Å². The topological polar surface area (TPSA) is 89.8 Å². The van der Waals surface area contributed by atoms with Crippen LogP contribution in [0.1, 0.15) is 49.2 Å². The van der Waals surface area contributed by atoms with Gasteiger partial charge in [-0.1, -0.05) is 55.9 Å². The normalized spacial score (nSPS) is 11.8. The number of aryl methyl sites for hydroxylation is 2. The quantitative estimate of drug-likeness (QED) is 0.232. The van der Waals surface area contributed by atoms with Crippen molar-refractivity contribution in [2.75, 3.05) is 5.32 Å². The molecular weight excluding hydrogens is 470 g/mol. The largest absolute Gasteiger partial charge is 0.325 e. The maximum absolute atomic E-state index is 13.1. The highest BCUT2D eigenvalue weighted by atomic mass is 32.2. The van der Waals surface area contributed by atoms with Crippen molar-refractivity contribution < 1.29 is 9.59 Å². The summed E-state index contributed by atoms with van der Waals surface area (Å²) >= 11 is 1.35. The van der Waals surface area contributed by atoms with Crippen LogP contribution in [0.3, 0.4) is 0 Å². The first kappa shape index (κ1) is 25.3. The Labute approximate surface area is 215 Å². The summed E-state index contributed by atoms with van der Waals surface area (Å²) in [4.78, 5) is 29.1. The number of aromatic nitrogens is 4. The van der Waals surface area contributed by atoms with Gasteiger partial charge in [0.25, 0.3) is 0 Å². The van der Waals surface area contributed by atoms with Crippen molar-refractivity contribution in [2.24, 2.45) is 0 Å². The van der Waals surface area contributed by atoms with Gasteiger partial charge in [0.2, 0.25) is 5.91 Å². The van der Waals surface area contributed by atoms with Gasteiger partial charge in [0.05, 0.1) is 10.9 Å². The van der Waals surface area contributed by atoms with Crippen molar-refractivity contribution in [1.29, 1.82) is 0 Å². The lowest BCUT2D eigenvalue weighted by molar-refractivity contribution is -0.115. The zero-order chi connectivity index (χ0) is 25.7. The van der Waals surface area contributed by atoms with Gasteiger partial charge in [-0.15, -0.1) is 10.2 Å². The van der Waals surface area contributed by atoms with Crippen LogP contribution in [-0.2, 0) is 17.6 Å². The maximum Gasteiger partial charge on any atom is 0.237 e. The Kier molecular flexibility index (Phi) is 7.95. The molecule has 2 aromatic heterocycles. The molecule has 7 nitrogen and oxygen atoms in total. The Hall–Kier alpha value is -3.78. The summed E-state index contributed by atoms with van der Waals surface area (Å²) < 4.78 is 2.06. The molecule has 4 aromatic rings. The molecule has 0 bridgehead atoms. The molecule has 1 atom stereocenters. The van der Waals surface area contributed by atoms with Crippen LogP contribution in [0, 0.1) is 0 Å². The molecule has 0 saturated heterocycles. The van der Waals surface area contributed by atoms with E-state index in [1.54, 1.807) is 36.7 Å². The highest BCUT2D eigenvalue weighted by Crippen LogP contribution is 2.33. The fraction of sp³-hybridized carbons (Fsp3) is 0.250. The van der Waals surface area contributed by atoms with E-state index in [4.69, 9.17) is 0 Å². The van der Waals surface area contributed by atoms with Crippen LogP contribution in [0.4, 0.5) is 5.69 Å². The first-order valence-electron chi connectivity index (χ1n) is 12.0. The van der Waals surface area contributed by atoms with Crippen molar-refractivity contribution >= 4 is 29.1 Å². The van der Waals surface area contributed by atoms with Gasteiger partial charge in [0.15, 0.2) is 16.8 Å². The standard InChI is InChI=1S/C28H29N5O2S/c1-5-20-10-7-11-21(6-2)25(20)33-26(23-13-9-15-29-17-23)31-32-28(33)36-19(4)27(35)30-24-14-8-12-22(16-24)18(3)34/h7-17,19H,5-6H2,1-4H3,(H,30,35). The molecule has 0 fully saturated rings. The molecule has 1 unspecified atom stereocenters. The van der Waals surface area contributed by atoms with Gasteiger partial charge in [-0.05, 0) is 62.1 Å². The number of rotatable bonds is 9. The molecule has 36 heavy (non-hydrogen) atoms. The summed E-state index contributed by atoms with van der Waals surface area (Å²) in [6.45, 7) is 7.60. The van der Waals surface area contributed by atoms with E-state index in [2.05, 4.69) is 57.1 Å². The number of carbonyl (C=O) groups excluding carboxylic acids is 2. The van der Waals surface area contributed by atoms with Gasteiger partial charge >= 0.3 is 0 Å². The average Bonchev–Trinajstić information content (AvgIpc) is 3.31. The first-order chi connectivity index (χ1) is 17.4. The van der Waals surface area contributed by atoms with E-state index in [0.717, 1.165) is 24.1 Å². The summed E-state index contributed by atoms with van der Waals surface area (Å²) in [5.74, 6) is 0.450. The predicted molar refractivity (Wildman–Crippen MR) is 144 cm³/mol. The van der Waals surface area contributed by atoms with E-state index in [1.165, 1.54) is 29.8 Å². The Morgan fingerprint density at radius 2 is 1.72 bits per heavy atom. The summed E-state index contributed by atoms with van der Waals surface area (Å²) in [5, 5.41) is 12.1. The highest BCUT2D eigenvalue weighted by molar-refractivity contribution is 8.00. The van der Waals surface area contributed by atoms with E-state index in [9.17, 15) is 9.59 Å². The molecular formula is C28H29N5O2S. The van der Waals surface area contributed by atoms with E-state index >= 15 is 0 Å². The molecule has 0 spiro atoms. The number of amides is 1. The third-order valence-electron chi connectivity index (χ3n) is 5.93. The molecule has 8 heteroatoms. The summed E-state index contributed by atoms with van der Waals surface area (Å²) in [7, 11) is 0. The second kappa shape index (κ2) is 11.3. The van der Waals surface area contributed by atoms with Gasteiger partial charge in [-0.2, -0.15) is 0 Å². The molecule has 0 aliphatic carbocycles. The third kappa shape index (κ3) is 5.39. The molecule has 2 heterocycles. The number of pyridine rings is 1. The molecule has 0 saturated carbocycles. The Morgan fingerprint density at radius 1 is 1.00 bits per heavy atom. The fourth-order valence-corrected chi connectivity index (χ4v) is 4.86. The predicted octanol–water partition coefficient (Wildman–Crippen LogP) is 5.78. The number of Topliss-reactive ketones (excluding diaryl/α,β-unsaturated/α-hetero) is 1. The Morgan fingerprint density at radius 3 is 2.36 bits per heavy atom. The van der Waals surface area contributed by atoms with Crippen LogP contribution in [0.5, 0.6) is 0 Å². The van der Waals surface area contributed by atoms with Crippen molar-refractivity contribution in [1.82, 2.24) is 19.7 Å². The van der Waals surface area contributed by atoms with Gasteiger partial charge in [-0.3, -0.25) is 19.1 Å². The second-order valence-corrected chi connectivity index (χ2v) is 9.71. The Balaban J connectivity index is 1.71. The zero-order valence-electron chi connectivity index (χ0n) is 20.9. The van der Waals surface area contributed by atoms with Crippen molar-refractivity contribution in [3.05, 3.63) is 83.7 Å². The minimum Gasteiger partial charge on any atom is -0.325 e. The number of nitrogens with one attached hydrogen (secondary N) is 1. The molecule has 1 amide bonds. The lowest BCUT2D eigenvalue weighted by atomic mass is 10.0. The molecule has 0 aliphatic heterocycles. The van der Waals surface area contributed by atoms with Crippen LogP contribution < -0.4 is 5.32 Å². The van der Waals surface area contributed by atoms with Crippen LogP contribution in [0.15, 0.2) is 72.1 Å². The van der Waals surface area contributed by atoms with Crippen LogP contribution >= 0.6 is 11.8 Å². The number of thioether (sulfide) groups is 1. The number of carbonyl (C=O) groups is 2. The molecule has 4 rings (SSSR count). The molecule has 184 valence electrons. The Bertz CT molecular complexity index is 1360. The van der Waals surface area contributed by atoms with Crippen molar-refractivity contribution in [3.8, 4) is 17.1 Å². The molecule has 1 N–H and O–H groups in total. The minimum absolute atomic E-state index is 0.0501. The number of ketones is 1. The number of hydrogen-bond acceptors (Lipinski definition) is 6. The van der Waals surface area contributed by atoms with E-state index < -0.39 is 5.25 Å². The SMILES string of the molecule is CCc1cccc(CC)c1-n1c(SC(C)C(=O)Nc2cccc(C(C)=O)c2)nnc1-c1cccnc1. The van der Waals surface area contributed by atoms with Crippen molar-refractivity contribution in [3.63, 3.8) is 0 Å². The van der Waals surface area contributed by atoms with Crippen LogP contribution in [0.25, 0.3) is 17.1 Å². The summed E-state index contributed by atoms with van der Waals surface area (Å²) in [5.41, 5.74) is 5.40. The summed E-state index contributed by atoms with van der Waals surface area (Å²) in [6, 6.07) is 17.1. The zero-order valence-corrected chi connectivity index (χ0v) is 21.7. The van der Waals surface area contributed by atoms with Crippen LogP contribution in [0.2, 0.25) is 0 Å². The van der Waals surface area contributed by atoms with Gasteiger partial charge in [0.1, 0.15) is 0 Å². The number of para-hydroxylation sites is 1. The number of anilines is 1. The number of nitrogens with zero attached hydrogens (tertiary/aromatic N) is 4. The number of hydrogen-bond donors (Lipinski definition) is 1. The van der Waals surface area contributed by atoms with Gasteiger partial charge in [0, 0.05) is 29.2 Å². The molecule has 2 aromatic carbocycles.